The Labute approximate surface area is 156 Å². The van der Waals surface area contributed by atoms with E-state index in [1.165, 1.54) is 18.4 Å². The minimum Gasteiger partial charge on any atom is -0.346 e. The molecule has 0 unspecified atom stereocenters. The molecule has 1 amide bonds. The Morgan fingerprint density at radius 1 is 0.962 bits per heavy atom. The van der Waals surface area contributed by atoms with Crippen LogP contribution in [0.25, 0.3) is 0 Å². The second-order valence-corrected chi connectivity index (χ2v) is 8.01. The number of nitrogens with one attached hydrogen (secondary N) is 1. The lowest BCUT2D eigenvalue weighted by Crippen LogP contribution is -2.55. The Morgan fingerprint density at radius 3 is 2.19 bits per heavy atom. The van der Waals surface area contributed by atoms with Gasteiger partial charge < -0.3 is 5.32 Å². The Balaban J connectivity index is 1.40. The summed E-state index contributed by atoms with van der Waals surface area (Å²) in [5.41, 5.74) is 2.12. The van der Waals surface area contributed by atoms with Gasteiger partial charge in [-0.15, -0.1) is 0 Å². The van der Waals surface area contributed by atoms with E-state index in [1.54, 1.807) is 0 Å². The number of hydrogen-bond donors (Lipinski definition) is 1. The fourth-order valence-corrected chi connectivity index (χ4v) is 4.14. The van der Waals surface area contributed by atoms with E-state index in [4.69, 9.17) is 0 Å². The number of nitrogens with zero attached hydrogens (tertiary/aromatic N) is 1. The van der Waals surface area contributed by atoms with Crippen LogP contribution >= 0.6 is 0 Å². The van der Waals surface area contributed by atoms with Gasteiger partial charge in [0.25, 0.3) is 5.91 Å². The first-order valence-electron chi connectivity index (χ1n) is 9.86. The summed E-state index contributed by atoms with van der Waals surface area (Å²) in [5, 5.41) is 3.44. The van der Waals surface area contributed by atoms with Crippen molar-refractivity contribution in [2.45, 2.75) is 44.2 Å². The van der Waals surface area contributed by atoms with Gasteiger partial charge in [0, 0.05) is 30.7 Å². The number of rotatable bonds is 6. The van der Waals surface area contributed by atoms with Crippen molar-refractivity contribution in [2.75, 3.05) is 13.1 Å². The predicted molar refractivity (Wildman–Crippen MR) is 105 cm³/mol. The molecule has 1 N–H and O–H groups in total. The fraction of sp³-hybridized carbons (Fsp3) is 0.435. The van der Waals surface area contributed by atoms with E-state index in [2.05, 4.69) is 40.5 Å². The van der Waals surface area contributed by atoms with Gasteiger partial charge in [-0.05, 0) is 42.9 Å². The summed E-state index contributed by atoms with van der Waals surface area (Å²) in [4.78, 5) is 15.3. The van der Waals surface area contributed by atoms with Gasteiger partial charge >= 0.3 is 0 Å². The van der Waals surface area contributed by atoms with Gasteiger partial charge in [0.2, 0.25) is 0 Å². The molecule has 1 saturated carbocycles. The average molecular weight is 348 g/mol. The van der Waals surface area contributed by atoms with Crippen molar-refractivity contribution in [1.29, 1.82) is 0 Å². The quantitative estimate of drug-likeness (QED) is 0.846. The van der Waals surface area contributed by atoms with Crippen molar-refractivity contribution < 1.29 is 4.79 Å². The summed E-state index contributed by atoms with van der Waals surface area (Å²) >= 11 is 0. The molecule has 4 rings (SSSR count). The van der Waals surface area contributed by atoms with Gasteiger partial charge in [0.1, 0.15) is 0 Å². The molecular weight excluding hydrogens is 320 g/mol. The van der Waals surface area contributed by atoms with Gasteiger partial charge in [-0.1, -0.05) is 61.4 Å². The molecule has 3 heteroatoms. The minimum atomic E-state index is -0.0265. The lowest BCUT2D eigenvalue weighted by molar-refractivity contribution is 0.0770. The highest BCUT2D eigenvalue weighted by Gasteiger charge is 2.40. The van der Waals surface area contributed by atoms with E-state index < -0.39 is 0 Å². The number of benzene rings is 2. The van der Waals surface area contributed by atoms with Crippen molar-refractivity contribution in [2.24, 2.45) is 5.92 Å². The first-order chi connectivity index (χ1) is 12.7. The Kier molecular flexibility index (Phi) is 5.07. The normalized spacial score (nSPS) is 19.8. The maximum atomic E-state index is 12.8. The highest BCUT2D eigenvalue weighted by molar-refractivity contribution is 5.94. The summed E-state index contributed by atoms with van der Waals surface area (Å²) in [6.07, 6.45) is 5.90. The number of hydrogen-bond acceptors (Lipinski definition) is 2. The molecule has 1 aliphatic heterocycles. The van der Waals surface area contributed by atoms with Crippen LogP contribution in [-0.2, 0) is 6.54 Å². The molecule has 1 saturated heterocycles. The van der Waals surface area contributed by atoms with E-state index in [0.717, 1.165) is 50.4 Å². The van der Waals surface area contributed by atoms with Crippen LogP contribution in [0.15, 0.2) is 60.7 Å². The van der Waals surface area contributed by atoms with Crippen LogP contribution in [0.3, 0.4) is 0 Å². The van der Waals surface area contributed by atoms with Crippen LogP contribution in [0.1, 0.15) is 48.0 Å². The molecule has 0 radical (unpaired) electrons. The van der Waals surface area contributed by atoms with Crippen molar-refractivity contribution in [3.05, 3.63) is 71.8 Å². The Hall–Kier alpha value is -2.13. The van der Waals surface area contributed by atoms with Crippen LogP contribution < -0.4 is 5.32 Å². The Morgan fingerprint density at radius 2 is 1.58 bits per heavy atom. The smallest absolute Gasteiger partial charge is 0.251 e. The molecule has 136 valence electrons. The standard InChI is InChI=1S/C23H28N2O/c26-22(21-9-5-2-6-10-21)24-23(17-19-11-12-19)13-15-25(16-14-23)18-20-7-3-1-4-8-20/h1-10,19H,11-18H2,(H,24,26). The van der Waals surface area contributed by atoms with Crippen molar-refractivity contribution in [3.8, 4) is 0 Å². The van der Waals surface area contributed by atoms with Crippen molar-refractivity contribution >= 4 is 5.91 Å². The van der Waals surface area contributed by atoms with Crippen molar-refractivity contribution in [3.63, 3.8) is 0 Å². The fourth-order valence-electron chi connectivity index (χ4n) is 4.14. The minimum absolute atomic E-state index is 0.0265. The molecule has 0 bridgehead atoms. The second kappa shape index (κ2) is 7.63. The molecule has 2 fully saturated rings. The van der Waals surface area contributed by atoms with Crippen molar-refractivity contribution in [1.82, 2.24) is 10.2 Å². The van der Waals surface area contributed by atoms with Crippen LogP contribution in [-0.4, -0.2) is 29.4 Å². The van der Waals surface area contributed by atoms with E-state index in [0.29, 0.717) is 0 Å². The summed E-state index contributed by atoms with van der Waals surface area (Å²) in [7, 11) is 0. The summed E-state index contributed by atoms with van der Waals surface area (Å²) in [6.45, 7) is 3.11. The monoisotopic (exact) mass is 348 g/mol. The summed E-state index contributed by atoms with van der Waals surface area (Å²) in [6, 6.07) is 20.3. The molecular formula is C23H28N2O. The number of piperidine rings is 1. The van der Waals surface area contributed by atoms with Crippen LogP contribution in [0.4, 0.5) is 0 Å². The lowest BCUT2D eigenvalue weighted by Gasteiger charge is -2.43. The molecule has 0 atom stereocenters. The SMILES string of the molecule is O=C(NC1(CC2CC2)CCN(Cc2ccccc2)CC1)c1ccccc1. The number of carbonyl (C=O) groups is 1. The first-order valence-corrected chi connectivity index (χ1v) is 9.86. The third-order valence-corrected chi connectivity index (χ3v) is 5.85. The van der Waals surface area contributed by atoms with Crippen LogP contribution in [0, 0.1) is 5.92 Å². The van der Waals surface area contributed by atoms with Crippen LogP contribution in [0.5, 0.6) is 0 Å². The topological polar surface area (TPSA) is 32.3 Å². The van der Waals surface area contributed by atoms with Gasteiger partial charge in [0.15, 0.2) is 0 Å². The number of amides is 1. The lowest BCUT2D eigenvalue weighted by atomic mass is 9.82. The predicted octanol–water partition coefficient (Wildman–Crippen LogP) is 4.25. The third kappa shape index (κ3) is 4.34. The Bertz CT molecular complexity index is 716. The zero-order valence-electron chi connectivity index (χ0n) is 15.4. The van der Waals surface area contributed by atoms with Gasteiger partial charge in [-0.2, -0.15) is 0 Å². The highest BCUT2D eigenvalue weighted by Crippen LogP contribution is 2.40. The molecule has 0 spiro atoms. The molecule has 2 aromatic carbocycles. The highest BCUT2D eigenvalue weighted by atomic mass is 16.1. The van der Waals surface area contributed by atoms with E-state index in [-0.39, 0.29) is 11.4 Å². The van der Waals surface area contributed by atoms with E-state index >= 15 is 0 Å². The molecule has 26 heavy (non-hydrogen) atoms. The van der Waals surface area contributed by atoms with E-state index in [1.807, 2.05) is 30.3 Å². The maximum absolute atomic E-state index is 12.8. The molecule has 2 aromatic rings. The third-order valence-electron chi connectivity index (χ3n) is 5.85. The molecule has 0 aromatic heterocycles. The second-order valence-electron chi connectivity index (χ2n) is 8.01. The van der Waals surface area contributed by atoms with E-state index in [9.17, 15) is 4.79 Å². The molecule has 3 nitrogen and oxygen atoms in total. The average Bonchev–Trinajstić information content (AvgIpc) is 3.49. The molecule has 2 aliphatic rings. The zero-order valence-corrected chi connectivity index (χ0v) is 15.4. The summed E-state index contributed by atoms with van der Waals surface area (Å²) in [5.74, 6) is 0.898. The molecule has 1 heterocycles. The first kappa shape index (κ1) is 17.3. The zero-order chi connectivity index (χ0) is 17.8. The van der Waals surface area contributed by atoms with Crippen LogP contribution in [0.2, 0.25) is 0 Å². The van der Waals surface area contributed by atoms with Gasteiger partial charge in [0.05, 0.1) is 0 Å². The number of carbonyl (C=O) groups excluding carboxylic acids is 1. The molecule has 1 aliphatic carbocycles. The van der Waals surface area contributed by atoms with Gasteiger partial charge in [-0.25, -0.2) is 0 Å². The summed E-state index contributed by atoms with van der Waals surface area (Å²) < 4.78 is 0. The largest absolute Gasteiger partial charge is 0.346 e. The number of likely N-dealkylation sites (tertiary alicyclic amines) is 1. The van der Waals surface area contributed by atoms with Gasteiger partial charge in [-0.3, -0.25) is 9.69 Å². The maximum Gasteiger partial charge on any atom is 0.251 e.